The number of thiazole rings is 1. The van der Waals surface area contributed by atoms with Gasteiger partial charge in [-0.15, -0.1) is 0 Å². The van der Waals surface area contributed by atoms with Crippen LogP contribution in [-0.2, 0) is 6.61 Å². The molecule has 5 rings (SSSR count). The van der Waals surface area contributed by atoms with Gasteiger partial charge in [-0.2, -0.15) is 0 Å². The Morgan fingerprint density at radius 2 is 1.83 bits per heavy atom. The van der Waals surface area contributed by atoms with E-state index in [1.54, 1.807) is 23.5 Å². The standard InChI is InChI=1S/C23H14Cl2N2OS2/c24-16-10-9-15(17(25)12-16)13-28-20-8-4-1-5-14(20)11-21-22(29)27-19-7-3-2-6-18(19)26-23(27)30-21/h1-12H,13H2. The van der Waals surface area contributed by atoms with Gasteiger partial charge in [-0.3, -0.25) is 4.40 Å². The number of aromatic nitrogens is 2. The molecule has 0 amide bonds. The number of para-hydroxylation sites is 3. The van der Waals surface area contributed by atoms with Crippen LogP contribution in [0.15, 0.2) is 66.7 Å². The molecule has 148 valence electrons. The molecule has 3 nitrogen and oxygen atoms in total. The lowest BCUT2D eigenvalue weighted by atomic mass is 10.2. The Hall–Kier alpha value is -2.44. The molecule has 0 spiro atoms. The molecule has 30 heavy (non-hydrogen) atoms. The third kappa shape index (κ3) is 3.59. The van der Waals surface area contributed by atoms with Gasteiger partial charge < -0.3 is 4.74 Å². The summed E-state index contributed by atoms with van der Waals surface area (Å²) >= 11 is 19.6. The SMILES string of the molecule is S=c1c(=Cc2ccccc2OCc2ccc(Cl)cc2Cl)sc2nc3ccccc3n12. The number of hydrogen-bond donors (Lipinski definition) is 0. The molecule has 5 aromatic rings. The van der Waals surface area contributed by atoms with Crippen molar-refractivity contribution in [1.29, 1.82) is 0 Å². The molecule has 0 unspecified atom stereocenters. The first-order chi connectivity index (χ1) is 14.6. The highest BCUT2D eigenvalue weighted by atomic mass is 35.5. The van der Waals surface area contributed by atoms with Gasteiger partial charge in [-0.05, 0) is 36.4 Å². The van der Waals surface area contributed by atoms with E-state index in [9.17, 15) is 0 Å². The van der Waals surface area contributed by atoms with Gasteiger partial charge >= 0.3 is 0 Å². The second kappa shape index (κ2) is 8.00. The smallest absolute Gasteiger partial charge is 0.196 e. The molecule has 0 aliphatic heterocycles. The molecule has 0 atom stereocenters. The molecule has 7 heteroatoms. The van der Waals surface area contributed by atoms with Gasteiger partial charge in [0.25, 0.3) is 0 Å². The molecular formula is C23H14Cl2N2OS2. The third-order valence-electron chi connectivity index (χ3n) is 4.75. The van der Waals surface area contributed by atoms with Gasteiger partial charge in [0.15, 0.2) is 4.96 Å². The van der Waals surface area contributed by atoms with E-state index in [-0.39, 0.29) is 0 Å². The molecule has 0 saturated heterocycles. The Bertz CT molecular complexity index is 1510. The number of fused-ring (bicyclic) bond motifs is 3. The van der Waals surface area contributed by atoms with E-state index in [1.807, 2.05) is 59.0 Å². The first-order valence-electron chi connectivity index (χ1n) is 9.17. The first kappa shape index (κ1) is 19.5. The normalized spacial score (nSPS) is 12.1. The highest BCUT2D eigenvalue weighted by Crippen LogP contribution is 2.25. The number of nitrogens with zero attached hydrogens (tertiary/aromatic N) is 2. The number of ether oxygens (including phenoxy) is 1. The summed E-state index contributed by atoms with van der Waals surface area (Å²) < 4.78 is 9.82. The van der Waals surface area contributed by atoms with E-state index in [0.29, 0.717) is 16.7 Å². The number of benzene rings is 3. The maximum atomic E-state index is 6.27. The monoisotopic (exact) mass is 468 g/mol. The van der Waals surface area contributed by atoms with Gasteiger partial charge in [0.05, 0.1) is 15.6 Å². The van der Waals surface area contributed by atoms with Gasteiger partial charge in [-0.25, -0.2) is 4.98 Å². The van der Waals surface area contributed by atoms with Crippen molar-refractivity contribution in [3.05, 3.63) is 97.1 Å². The lowest BCUT2D eigenvalue weighted by Gasteiger charge is -2.10. The number of halogens is 2. The molecule has 2 aromatic heterocycles. The number of imidazole rings is 1. The summed E-state index contributed by atoms with van der Waals surface area (Å²) in [4.78, 5) is 5.58. The zero-order valence-electron chi connectivity index (χ0n) is 15.5. The Balaban J connectivity index is 1.53. The third-order valence-corrected chi connectivity index (χ3v) is 6.86. The summed E-state index contributed by atoms with van der Waals surface area (Å²) in [5.74, 6) is 0.758. The second-order valence-corrected chi connectivity index (χ2v) is 8.94. The van der Waals surface area contributed by atoms with Crippen LogP contribution in [-0.4, -0.2) is 9.38 Å². The van der Waals surface area contributed by atoms with Crippen LogP contribution >= 0.6 is 46.8 Å². The fourth-order valence-corrected chi connectivity index (χ4v) is 5.15. The summed E-state index contributed by atoms with van der Waals surface area (Å²) in [7, 11) is 0. The van der Waals surface area contributed by atoms with Crippen LogP contribution in [0.5, 0.6) is 5.75 Å². The summed E-state index contributed by atoms with van der Waals surface area (Å²) in [5.41, 5.74) is 3.80. The van der Waals surface area contributed by atoms with Crippen molar-refractivity contribution in [2.75, 3.05) is 0 Å². The molecule has 0 saturated carbocycles. The van der Waals surface area contributed by atoms with Crippen LogP contribution < -0.4 is 9.27 Å². The van der Waals surface area contributed by atoms with Crippen molar-refractivity contribution in [3.8, 4) is 5.75 Å². The lowest BCUT2D eigenvalue weighted by Crippen LogP contribution is -2.00. The van der Waals surface area contributed by atoms with Crippen molar-refractivity contribution in [3.63, 3.8) is 0 Å². The average molecular weight is 469 g/mol. The Morgan fingerprint density at radius 3 is 2.70 bits per heavy atom. The predicted octanol–water partition coefficient (Wildman–Crippen LogP) is 6.71. The van der Waals surface area contributed by atoms with E-state index in [1.165, 1.54) is 0 Å². The van der Waals surface area contributed by atoms with Crippen LogP contribution in [0.1, 0.15) is 11.1 Å². The van der Waals surface area contributed by atoms with E-state index in [0.717, 1.165) is 42.0 Å². The quantitative estimate of drug-likeness (QED) is 0.274. The zero-order valence-corrected chi connectivity index (χ0v) is 18.7. The molecule has 0 aliphatic rings. The van der Waals surface area contributed by atoms with E-state index < -0.39 is 0 Å². The van der Waals surface area contributed by atoms with Crippen molar-refractivity contribution < 1.29 is 4.74 Å². The fourth-order valence-electron chi connectivity index (χ4n) is 3.28. The van der Waals surface area contributed by atoms with Gasteiger partial charge in [0.1, 0.15) is 17.0 Å². The molecule has 2 heterocycles. The highest BCUT2D eigenvalue weighted by molar-refractivity contribution is 7.71. The van der Waals surface area contributed by atoms with Crippen molar-refractivity contribution in [2.24, 2.45) is 0 Å². The van der Waals surface area contributed by atoms with Crippen LogP contribution in [0.3, 0.4) is 0 Å². The Kier molecular flexibility index (Phi) is 5.21. The minimum absolute atomic E-state index is 0.347. The summed E-state index contributed by atoms with van der Waals surface area (Å²) in [6, 6.07) is 21.3. The highest BCUT2D eigenvalue weighted by Gasteiger charge is 2.10. The van der Waals surface area contributed by atoms with Gasteiger partial charge in [0.2, 0.25) is 0 Å². The van der Waals surface area contributed by atoms with Crippen LogP contribution in [0.2, 0.25) is 10.0 Å². The molecule has 0 bridgehead atoms. The summed E-state index contributed by atoms with van der Waals surface area (Å²) in [6.45, 7) is 0.347. The largest absolute Gasteiger partial charge is 0.488 e. The fraction of sp³-hybridized carbons (Fsp3) is 0.0435. The average Bonchev–Trinajstić information content (AvgIpc) is 3.25. The topological polar surface area (TPSA) is 26.5 Å². The molecule has 0 aliphatic carbocycles. The maximum Gasteiger partial charge on any atom is 0.196 e. The second-order valence-electron chi connectivity index (χ2n) is 6.70. The van der Waals surface area contributed by atoms with Crippen LogP contribution in [0.4, 0.5) is 0 Å². The van der Waals surface area contributed by atoms with Crippen molar-refractivity contribution in [2.45, 2.75) is 6.61 Å². The van der Waals surface area contributed by atoms with E-state index in [4.69, 9.17) is 45.1 Å². The minimum Gasteiger partial charge on any atom is -0.488 e. The molecular weight excluding hydrogens is 455 g/mol. The lowest BCUT2D eigenvalue weighted by molar-refractivity contribution is 0.305. The predicted molar refractivity (Wildman–Crippen MR) is 127 cm³/mol. The zero-order chi connectivity index (χ0) is 20.7. The molecule has 3 aromatic carbocycles. The van der Waals surface area contributed by atoms with Gasteiger partial charge in [-0.1, -0.05) is 83.2 Å². The van der Waals surface area contributed by atoms with Crippen molar-refractivity contribution in [1.82, 2.24) is 9.38 Å². The minimum atomic E-state index is 0.347. The van der Waals surface area contributed by atoms with Crippen LogP contribution in [0.25, 0.3) is 22.1 Å². The number of rotatable bonds is 4. The Morgan fingerprint density at radius 1 is 1.03 bits per heavy atom. The van der Waals surface area contributed by atoms with Crippen LogP contribution in [0, 0.1) is 4.64 Å². The molecule has 0 fully saturated rings. The van der Waals surface area contributed by atoms with E-state index >= 15 is 0 Å². The van der Waals surface area contributed by atoms with E-state index in [2.05, 4.69) is 6.08 Å². The van der Waals surface area contributed by atoms with Crippen molar-refractivity contribution >= 4 is 68.8 Å². The molecule has 0 N–H and O–H groups in total. The Labute approximate surface area is 191 Å². The number of hydrogen-bond acceptors (Lipinski definition) is 4. The maximum absolute atomic E-state index is 6.27. The summed E-state index contributed by atoms with van der Waals surface area (Å²) in [5, 5.41) is 1.19. The molecule has 0 radical (unpaired) electrons. The van der Waals surface area contributed by atoms with Gasteiger partial charge in [0, 0.05) is 21.2 Å². The first-order valence-corrected chi connectivity index (χ1v) is 11.2. The summed E-state index contributed by atoms with van der Waals surface area (Å²) in [6.07, 6.45) is 2.05.